The first kappa shape index (κ1) is 12.0. The highest BCUT2D eigenvalue weighted by Gasteiger charge is 2.15. The zero-order valence-corrected chi connectivity index (χ0v) is 9.96. The minimum atomic E-state index is -0.909. The van der Waals surface area contributed by atoms with E-state index in [2.05, 4.69) is 15.9 Å². The molecular formula is C10H7BrClNO2. The van der Waals surface area contributed by atoms with Crippen molar-refractivity contribution in [3.05, 3.63) is 34.9 Å². The number of nitriles is 1. The Morgan fingerprint density at radius 1 is 1.67 bits per heavy atom. The number of hydrogen-bond acceptors (Lipinski definition) is 3. The number of halogens is 2. The maximum absolute atomic E-state index is 11.0. The van der Waals surface area contributed by atoms with Crippen LogP contribution in [0.3, 0.4) is 0 Å². The molecule has 0 fully saturated rings. The van der Waals surface area contributed by atoms with Crippen LogP contribution >= 0.6 is 27.5 Å². The number of ether oxygens (including phenoxy) is 1. The van der Waals surface area contributed by atoms with Crippen molar-refractivity contribution in [2.75, 3.05) is 5.33 Å². The van der Waals surface area contributed by atoms with Crippen LogP contribution in [0.1, 0.15) is 11.7 Å². The minimum absolute atomic E-state index is 0.0613. The van der Waals surface area contributed by atoms with Crippen molar-refractivity contribution in [2.24, 2.45) is 0 Å². The van der Waals surface area contributed by atoms with Crippen molar-refractivity contribution >= 4 is 33.5 Å². The van der Waals surface area contributed by atoms with Gasteiger partial charge in [0.15, 0.2) is 0 Å². The zero-order valence-electron chi connectivity index (χ0n) is 7.61. The predicted octanol–water partition coefficient (Wildman–Crippen LogP) is 2.84. The first-order chi connectivity index (χ1) is 7.17. The van der Waals surface area contributed by atoms with E-state index in [0.29, 0.717) is 10.6 Å². The molecule has 15 heavy (non-hydrogen) atoms. The molecule has 0 bridgehead atoms. The van der Waals surface area contributed by atoms with E-state index in [9.17, 15) is 4.79 Å². The molecule has 0 heterocycles. The van der Waals surface area contributed by atoms with Gasteiger partial charge in [-0.3, -0.25) is 4.79 Å². The van der Waals surface area contributed by atoms with E-state index in [0.717, 1.165) is 0 Å². The molecule has 0 spiro atoms. The Hall–Kier alpha value is -1.05. The Morgan fingerprint density at radius 3 is 2.93 bits per heavy atom. The van der Waals surface area contributed by atoms with Crippen LogP contribution in [0.5, 0.6) is 0 Å². The van der Waals surface area contributed by atoms with E-state index in [1.807, 2.05) is 6.07 Å². The average molecular weight is 289 g/mol. The maximum atomic E-state index is 11.0. The highest BCUT2D eigenvalue weighted by atomic mass is 79.9. The third-order valence-electron chi connectivity index (χ3n) is 1.63. The van der Waals surface area contributed by atoms with Gasteiger partial charge < -0.3 is 4.74 Å². The Bertz CT molecular complexity index is 403. The lowest BCUT2D eigenvalue weighted by molar-refractivity contribution is -0.143. The second-order valence-corrected chi connectivity index (χ2v) is 3.68. The summed E-state index contributed by atoms with van der Waals surface area (Å²) in [5.74, 6) is -0.485. The summed E-state index contributed by atoms with van der Waals surface area (Å²) in [7, 11) is 0. The predicted molar refractivity (Wildman–Crippen MR) is 59.7 cm³/mol. The Morgan fingerprint density at radius 2 is 2.40 bits per heavy atom. The Labute approximate surface area is 101 Å². The van der Waals surface area contributed by atoms with Gasteiger partial charge in [-0.25, -0.2) is 0 Å². The van der Waals surface area contributed by atoms with Gasteiger partial charge in [0.05, 0.1) is 0 Å². The van der Waals surface area contributed by atoms with Crippen LogP contribution in [0.15, 0.2) is 24.3 Å². The van der Waals surface area contributed by atoms with Crippen LogP contribution in [0.25, 0.3) is 0 Å². The van der Waals surface area contributed by atoms with Crippen LogP contribution in [0.2, 0.25) is 5.02 Å². The molecule has 0 saturated carbocycles. The summed E-state index contributed by atoms with van der Waals surface area (Å²) in [6, 6.07) is 8.55. The lowest BCUT2D eigenvalue weighted by Crippen LogP contribution is -2.10. The number of rotatable bonds is 3. The normalized spacial score (nSPS) is 11.5. The monoisotopic (exact) mass is 287 g/mol. The van der Waals surface area contributed by atoms with E-state index in [-0.39, 0.29) is 5.33 Å². The van der Waals surface area contributed by atoms with Gasteiger partial charge in [-0.15, -0.1) is 0 Å². The number of alkyl halides is 1. The molecule has 3 nitrogen and oxygen atoms in total. The molecule has 0 saturated heterocycles. The summed E-state index contributed by atoms with van der Waals surface area (Å²) in [6.45, 7) is 0. The molecule has 0 unspecified atom stereocenters. The maximum Gasteiger partial charge on any atom is 0.318 e. The van der Waals surface area contributed by atoms with Crippen molar-refractivity contribution in [3.8, 4) is 6.07 Å². The largest absolute Gasteiger partial charge is 0.441 e. The molecule has 0 aliphatic carbocycles. The topological polar surface area (TPSA) is 50.1 Å². The first-order valence-electron chi connectivity index (χ1n) is 4.08. The fraction of sp³-hybridized carbons (Fsp3) is 0.200. The summed E-state index contributed by atoms with van der Waals surface area (Å²) in [5, 5.41) is 9.39. The Kier molecular flexibility index (Phi) is 4.60. The van der Waals surface area contributed by atoms with Crippen molar-refractivity contribution in [1.82, 2.24) is 0 Å². The molecule has 0 N–H and O–H groups in total. The smallest absolute Gasteiger partial charge is 0.318 e. The van der Waals surface area contributed by atoms with Gasteiger partial charge in [-0.1, -0.05) is 39.7 Å². The highest BCUT2D eigenvalue weighted by molar-refractivity contribution is 9.09. The lowest BCUT2D eigenvalue weighted by atomic mass is 10.1. The standard InChI is InChI=1S/C10H7BrClNO2/c11-5-10(14)15-9(6-13)7-2-1-3-8(12)4-7/h1-4,9H,5H2/t9-/m1/s1. The van der Waals surface area contributed by atoms with E-state index in [1.54, 1.807) is 24.3 Å². The average Bonchev–Trinajstić information content (AvgIpc) is 2.25. The number of carbonyl (C=O) groups is 1. The van der Waals surface area contributed by atoms with Gasteiger partial charge in [-0.05, 0) is 12.1 Å². The highest BCUT2D eigenvalue weighted by Crippen LogP contribution is 2.20. The van der Waals surface area contributed by atoms with Crippen molar-refractivity contribution < 1.29 is 9.53 Å². The van der Waals surface area contributed by atoms with E-state index in [1.165, 1.54) is 0 Å². The molecule has 0 radical (unpaired) electrons. The summed E-state index contributed by atoms with van der Waals surface area (Å²) >= 11 is 8.71. The number of benzene rings is 1. The van der Waals surface area contributed by atoms with Gasteiger partial charge in [0.1, 0.15) is 11.4 Å². The third kappa shape index (κ3) is 3.54. The third-order valence-corrected chi connectivity index (χ3v) is 2.32. The van der Waals surface area contributed by atoms with Gasteiger partial charge in [0, 0.05) is 10.6 Å². The summed E-state index contributed by atoms with van der Waals surface area (Å²) < 4.78 is 4.88. The number of carbonyl (C=O) groups excluding carboxylic acids is 1. The molecule has 0 aliphatic rings. The minimum Gasteiger partial charge on any atom is -0.441 e. The molecule has 1 aromatic rings. The number of nitrogens with zero attached hydrogens (tertiary/aromatic N) is 1. The molecule has 1 rings (SSSR count). The van der Waals surface area contributed by atoms with Gasteiger partial charge >= 0.3 is 5.97 Å². The molecule has 1 aromatic carbocycles. The van der Waals surface area contributed by atoms with Crippen LogP contribution < -0.4 is 0 Å². The van der Waals surface area contributed by atoms with Crippen LogP contribution in [0, 0.1) is 11.3 Å². The second-order valence-electron chi connectivity index (χ2n) is 2.69. The van der Waals surface area contributed by atoms with Crippen LogP contribution in [-0.2, 0) is 9.53 Å². The second kappa shape index (κ2) is 5.74. The fourth-order valence-corrected chi connectivity index (χ4v) is 1.33. The van der Waals surface area contributed by atoms with Gasteiger partial charge in [0.2, 0.25) is 6.10 Å². The fourth-order valence-electron chi connectivity index (χ4n) is 1.00. The summed E-state index contributed by atoms with van der Waals surface area (Å²) in [6.07, 6.45) is -0.909. The number of hydrogen-bond donors (Lipinski definition) is 0. The number of esters is 1. The van der Waals surface area contributed by atoms with Crippen LogP contribution in [-0.4, -0.2) is 11.3 Å². The van der Waals surface area contributed by atoms with Crippen LogP contribution in [0.4, 0.5) is 0 Å². The molecule has 78 valence electrons. The van der Waals surface area contributed by atoms with Crippen molar-refractivity contribution in [3.63, 3.8) is 0 Å². The molecule has 0 aromatic heterocycles. The molecular weight excluding hydrogens is 281 g/mol. The van der Waals surface area contributed by atoms with E-state index >= 15 is 0 Å². The molecule has 0 amide bonds. The Balaban J connectivity index is 2.84. The zero-order chi connectivity index (χ0) is 11.3. The molecule has 5 heteroatoms. The summed E-state index contributed by atoms with van der Waals surface area (Å²) in [5.41, 5.74) is 0.569. The van der Waals surface area contributed by atoms with E-state index in [4.69, 9.17) is 21.6 Å². The van der Waals surface area contributed by atoms with Gasteiger partial charge in [0.25, 0.3) is 0 Å². The molecule has 1 atom stereocenters. The SMILES string of the molecule is N#C[C@@H](OC(=O)CBr)c1cccc(Cl)c1. The van der Waals surface area contributed by atoms with E-state index < -0.39 is 12.1 Å². The van der Waals surface area contributed by atoms with Gasteiger partial charge in [-0.2, -0.15) is 5.26 Å². The molecule has 0 aliphatic heterocycles. The quantitative estimate of drug-likeness (QED) is 0.635. The van der Waals surface area contributed by atoms with Crippen molar-refractivity contribution in [1.29, 1.82) is 5.26 Å². The summed E-state index contributed by atoms with van der Waals surface area (Å²) in [4.78, 5) is 11.0. The van der Waals surface area contributed by atoms with Crippen molar-refractivity contribution in [2.45, 2.75) is 6.10 Å². The first-order valence-corrected chi connectivity index (χ1v) is 5.58. The lowest BCUT2D eigenvalue weighted by Gasteiger charge is -2.10.